The van der Waals surface area contributed by atoms with Gasteiger partial charge in [0.05, 0.1) is 12.6 Å². The molecule has 2 N–H and O–H groups in total. The Morgan fingerprint density at radius 1 is 1.27 bits per heavy atom. The molecule has 1 saturated heterocycles. The van der Waals surface area contributed by atoms with Gasteiger partial charge in [-0.05, 0) is 38.4 Å². The minimum absolute atomic E-state index is 0.0349. The summed E-state index contributed by atoms with van der Waals surface area (Å²) in [5.41, 5.74) is 6.46. The lowest BCUT2D eigenvalue weighted by Gasteiger charge is -2.32. The van der Waals surface area contributed by atoms with Crippen molar-refractivity contribution in [3.05, 3.63) is 35.9 Å². The van der Waals surface area contributed by atoms with Crippen LogP contribution < -0.4 is 5.73 Å². The van der Waals surface area contributed by atoms with Gasteiger partial charge >= 0.3 is 0 Å². The van der Waals surface area contributed by atoms with Crippen LogP contribution in [0.4, 0.5) is 0 Å². The van der Waals surface area contributed by atoms with E-state index in [4.69, 9.17) is 5.73 Å². The summed E-state index contributed by atoms with van der Waals surface area (Å²) >= 11 is 0. The van der Waals surface area contributed by atoms with Gasteiger partial charge in [0, 0.05) is 13.0 Å². The second kappa shape index (κ2) is 7.40. The van der Waals surface area contributed by atoms with Crippen LogP contribution in [0.15, 0.2) is 30.3 Å². The molecule has 1 aliphatic heterocycles. The second-order valence-electron chi connectivity index (χ2n) is 6.04. The fourth-order valence-corrected chi connectivity index (χ4v) is 2.85. The van der Waals surface area contributed by atoms with Gasteiger partial charge in [-0.1, -0.05) is 30.3 Å². The van der Waals surface area contributed by atoms with Gasteiger partial charge < -0.3 is 10.6 Å². The number of primary amides is 1. The van der Waals surface area contributed by atoms with Crippen LogP contribution in [0, 0.1) is 5.92 Å². The summed E-state index contributed by atoms with van der Waals surface area (Å²) in [5.74, 6) is -0.151. The van der Waals surface area contributed by atoms with Crippen LogP contribution in [0.1, 0.15) is 31.4 Å². The molecule has 120 valence electrons. The Morgan fingerprint density at radius 3 is 2.41 bits per heavy atom. The molecule has 0 bridgehead atoms. The highest BCUT2D eigenvalue weighted by Crippen LogP contribution is 2.20. The predicted octanol–water partition coefficient (Wildman–Crippen LogP) is 1.40. The van der Waals surface area contributed by atoms with E-state index in [1.807, 2.05) is 44.3 Å². The van der Waals surface area contributed by atoms with Crippen molar-refractivity contribution in [2.75, 3.05) is 26.7 Å². The lowest BCUT2D eigenvalue weighted by atomic mass is 9.96. The third-order valence-electron chi connectivity index (χ3n) is 4.61. The predicted molar refractivity (Wildman–Crippen MR) is 86.0 cm³/mol. The van der Waals surface area contributed by atoms with Gasteiger partial charge in [0.15, 0.2) is 0 Å². The van der Waals surface area contributed by atoms with Gasteiger partial charge in [0.2, 0.25) is 11.8 Å². The van der Waals surface area contributed by atoms with Crippen molar-refractivity contribution < 1.29 is 9.59 Å². The molecule has 0 aliphatic carbocycles. The monoisotopic (exact) mass is 303 g/mol. The Bertz CT molecular complexity index is 510. The zero-order valence-electron chi connectivity index (χ0n) is 13.4. The van der Waals surface area contributed by atoms with E-state index >= 15 is 0 Å². The highest BCUT2D eigenvalue weighted by molar-refractivity contribution is 5.79. The van der Waals surface area contributed by atoms with Crippen molar-refractivity contribution in [3.8, 4) is 0 Å². The Morgan fingerprint density at radius 2 is 1.86 bits per heavy atom. The SMILES string of the molecule is C[C@H](c1ccccc1)N(C)C(=O)CN1CCC(C(N)=O)CC1. The second-order valence-corrected chi connectivity index (χ2v) is 6.04. The summed E-state index contributed by atoms with van der Waals surface area (Å²) in [6.07, 6.45) is 1.50. The quantitative estimate of drug-likeness (QED) is 0.894. The molecule has 5 nitrogen and oxygen atoms in total. The van der Waals surface area contributed by atoms with Crippen molar-refractivity contribution in [1.29, 1.82) is 0 Å². The van der Waals surface area contributed by atoms with Gasteiger partial charge in [-0.2, -0.15) is 0 Å². The normalized spacial score (nSPS) is 17.9. The van der Waals surface area contributed by atoms with Crippen molar-refractivity contribution >= 4 is 11.8 Å². The maximum Gasteiger partial charge on any atom is 0.236 e. The first kappa shape index (κ1) is 16.5. The van der Waals surface area contributed by atoms with Crippen LogP contribution in [-0.2, 0) is 9.59 Å². The van der Waals surface area contributed by atoms with Gasteiger partial charge in [0.25, 0.3) is 0 Å². The van der Waals surface area contributed by atoms with Crippen molar-refractivity contribution in [1.82, 2.24) is 9.80 Å². The van der Waals surface area contributed by atoms with Crippen LogP contribution >= 0.6 is 0 Å². The molecule has 0 saturated carbocycles. The van der Waals surface area contributed by atoms with E-state index in [1.54, 1.807) is 4.90 Å². The average Bonchev–Trinajstić information content (AvgIpc) is 2.54. The van der Waals surface area contributed by atoms with Gasteiger partial charge in [-0.25, -0.2) is 0 Å². The molecule has 1 aliphatic rings. The van der Waals surface area contributed by atoms with Crippen molar-refractivity contribution in [2.24, 2.45) is 11.7 Å². The standard InChI is InChI=1S/C17H25N3O2/c1-13(14-6-4-3-5-7-14)19(2)16(21)12-20-10-8-15(9-11-20)17(18)22/h3-7,13,15H,8-12H2,1-2H3,(H2,18,22)/t13-/m1/s1. The van der Waals surface area contributed by atoms with Crippen LogP contribution in [-0.4, -0.2) is 48.3 Å². The summed E-state index contributed by atoms with van der Waals surface area (Å²) in [7, 11) is 1.84. The first-order valence-corrected chi connectivity index (χ1v) is 7.81. The maximum atomic E-state index is 12.4. The molecule has 0 aromatic heterocycles. The number of carbonyl (C=O) groups is 2. The number of nitrogens with two attached hydrogens (primary N) is 1. The summed E-state index contributed by atoms with van der Waals surface area (Å²) in [4.78, 5) is 27.5. The van der Waals surface area contributed by atoms with Gasteiger partial charge in [0.1, 0.15) is 0 Å². The largest absolute Gasteiger partial charge is 0.369 e. The summed E-state index contributed by atoms with van der Waals surface area (Å²) in [6, 6.07) is 10.1. The van der Waals surface area contributed by atoms with E-state index in [1.165, 1.54) is 0 Å². The fraction of sp³-hybridized carbons (Fsp3) is 0.529. The minimum atomic E-state index is -0.221. The molecule has 0 unspecified atom stereocenters. The number of rotatable bonds is 5. The van der Waals surface area contributed by atoms with E-state index in [2.05, 4.69) is 4.90 Å². The Labute approximate surface area is 132 Å². The minimum Gasteiger partial charge on any atom is -0.369 e. The Hall–Kier alpha value is -1.88. The molecule has 1 aromatic carbocycles. The third kappa shape index (κ3) is 4.07. The first-order chi connectivity index (χ1) is 10.5. The topological polar surface area (TPSA) is 66.6 Å². The van der Waals surface area contributed by atoms with Crippen molar-refractivity contribution in [3.63, 3.8) is 0 Å². The maximum absolute atomic E-state index is 12.4. The van der Waals surface area contributed by atoms with E-state index < -0.39 is 0 Å². The van der Waals surface area contributed by atoms with Gasteiger partial charge in [-0.15, -0.1) is 0 Å². The number of likely N-dealkylation sites (N-methyl/N-ethyl adjacent to an activating group) is 1. The molecule has 1 aromatic rings. The van der Waals surface area contributed by atoms with Crippen LogP contribution in [0.25, 0.3) is 0 Å². The lowest BCUT2D eigenvalue weighted by Crippen LogP contribution is -2.44. The summed E-state index contributed by atoms with van der Waals surface area (Å²) in [6.45, 7) is 3.95. The first-order valence-electron chi connectivity index (χ1n) is 7.81. The highest BCUT2D eigenvalue weighted by Gasteiger charge is 2.26. The summed E-state index contributed by atoms with van der Waals surface area (Å²) in [5, 5.41) is 0. The zero-order chi connectivity index (χ0) is 16.1. The number of amides is 2. The molecule has 1 fully saturated rings. The molecule has 2 rings (SSSR count). The molecule has 1 heterocycles. The molecular formula is C17H25N3O2. The Kier molecular flexibility index (Phi) is 5.55. The molecule has 22 heavy (non-hydrogen) atoms. The average molecular weight is 303 g/mol. The van der Waals surface area contributed by atoms with Crippen molar-refractivity contribution in [2.45, 2.75) is 25.8 Å². The number of carbonyl (C=O) groups excluding carboxylic acids is 2. The zero-order valence-corrected chi connectivity index (χ0v) is 13.4. The number of hydrogen-bond acceptors (Lipinski definition) is 3. The van der Waals surface area contributed by atoms with Gasteiger partial charge in [-0.3, -0.25) is 14.5 Å². The molecule has 5 heteroatoms. The smallest absolute Gasteiger partial charge is 0.236 e. The molecule has 2 amide bonds. The molecule has 0 radical (unpaired) electrons. The molecule has 1 atom stereocenters. The molecular weight excluding hydrogens is 278 g/mol. The van der Waals surface area contributed by atoms with Crippen LogP contribution in [0.3, 0.4) is 0 Å². The van der Waals surface area contributed by atoms with E-state index in [9.17, 15) is 9.59 Å². The number of nitrogens with zero attached hydrogens (tertiary/aromatic N) is 2. The summed E-state index contributed by atoms with van der Waals surface area (Å²) < 4.78 is 0. The van der Waals surface area contributed by atoms with Crippen LogP contribution in [0.2, 0.25) is 0 Å². The number of piperidine rings is 1. The van der Waals surface area contributed by atoms with Crippen LogP contribution in [0.5, 0.6) is 0 Å². The highest BCUT2D eigenvalue weighted by atomic mass is 16.2. The lowest BCUT2D eigenvalue weighted by molar-refractivity contribution is -0.133. The number of likely N-dealkylation sites (tertiary alicyclic amines) is 1. The fourth-order valence-electron chi connectivity index (χ4n) is 2.85. The van der Waals surface area contributed by atoms with E-state index in [-0.39, 0.29) is 23.8 Å². The van der Waals surface area contributed by atoms with E-state index in [0.29, 0.717) is 6.54 Å². The Balaban J connectivity index is 1.86. The number of benzene rings is 1. The van der Waals surface area contributed by atoms with E-state index in [0.717, 1.165) is 31.5 Å². The number of hydrogen-bond donors (Lipinski definition) is 1. The molecule has 0 spiro atoms. The third-order valence-corrected chi connectivity index (χ3v) is 4.61.